The molecule has 0 saturated carbocycles. The Morgan fingerprint density at radius 1 is 1.32 bits per heavy atom. The van der Waals surface area contributed by atoms with Crippen molar-refractivity contribution in [1.82, 2.24) is 9.97 Å². The van der Waals surface area contributed by atoms with Crippen LogP contribution >= 0.6 is 0 Å². The normalized spacial score (nSPS) is 10.5. The van der Waals surface area contributed by atoms with Gasteiger partial charge in [-0.25, -0.2) is 9.59 Å². The van der Waals surface area contributed by atoms with Gasteiger partial charge in [-0.15, -0.1) is 0 Å². The number of carboxylic acids is 1. The topological polar surface area (TPSA) is 147 Å². The summed E-state index contributed by atoms with van der Waals surface area (Å²) in [6, 6.07) is 4.84. The molecule has 2 heterocycles. The molecular formula is C16H17F3N4O5. The van der Waals surface area contributed by atoms with Crippen LogP contribution in [0, 0.1) is 6.92 Å². The maximum atomic E-state index is 12.2. The van der Waals surface area contributed by atoms with Crippen LogP contribution in [-0.2, 0) is 16.1 Å². The minimum Gasteiger partial charge on any atom is -0.475 e. The average molecular weight is 402 g/mol. The highest BCUT2D eigenvalue weighted by atomic mass is 19.4. The molecule has 0 unspecified atom stereocenters. The van der Waals surface area contributed by atoms with Crippen LogP contribution in [0.25, 0.3) is 0 Å². The molecule has 5 N–H and O–H groups in total. The summed E-state index contributed by atoms with van der Waals surface area (Å²) in [5, 5.41) is 9.80. The van der Waals surface area contributed by atoms with E-state index in [9.17, 15) is 22.8 Å². The monoisotopic (exact) mass is 402 g/mol. The number of hydrogen-bond acceptors (Lipinski definition) is 6. The Morgan fingerprint density at radius 2 is 1.93 bits per heavy atom. The smallest absolute Gasteiger partial charge is 0.475 e. The van der Waals surface area contributed by atoms with E-state index < -0.39 is 18.1 Å². The Kier molecular flexibility index (Phi) is 7.68. The first-order valence-electron chi connectivity index (χ1n) is 7.54. The summed E-state index contributed by atoms with van der Waals surface area (Å²) in [4.78, 5) is 39.6. The summed E-state index contributed by atoms with van der Waals surface area (Å²) in [6.45, 7) is 2.03. The molecule has 0 aliphatic rings. The van der Waals surface area contributed by atoms with Crippen molar-refractivity contribution in [2.24, 2.45) is 5.73 Å². The fourth-order valence-electron chi connectivity index (χ4n) is 1.88. The van der Waals surface area contributed by atoms with Crippen molar-refractivity contribution in [3.63, 3.8) is 0 Å². The second-order valence-electron chi connectivity index (χ2n) is 5.23. The lowest BCUT2D eigenvalue weighted by atomic mass is 10.2. The zero-order valence-electron chi connectivity index (χ0n) is 14.8. The minimum atomic E-state index is -5.08. The number of ether oxygens (including phenoxy) is 1. The van der Waals surface area contributed by atoms with Gasteiger partial charge >= 0.3 is 18.1 Å². The number of nitrogens with zero attached hydrogens (tertiary/aromatic N) is 1. The molecule has 2 aromatic heterocycles. The molecule has 0 saturated heterocycles. The van der Waals surface area contributed by atoms with Gasteiger partial charge in [-0.2, -0.15) is 13.2 Å². The first-order valence-corrected chi connectivity index (χ1v) is 7.54. The van der Waals surface area contributed by atoms with Gasteiger partial charge in [-0.3, -0.25) is 9.78 Å². The third-order valence-corrected chi connectivity index (χ3v) is 3.12. The maximum absolute atomic E-state index is 12.2. The number of methoxy groups -OCH3 is 1. The molecule has 0 aliphatic heterocycles. The predicted molar refractivity (Wildman–Crippen MR) is 90.6 cm³/mol. The standard InChI is InChI=1S/C14H16N4O3.C2HF3O2/c1-8-5-11(12(17-8)14(20)21-2)18-13(19)9-3-4-16-10(6-9)7-15;3-2(4,5)1(6)7/h3-6,17H,7,15H2,1-2H3,(H,18,19);(H,6,7). The zero-order chi connectivity index (χ0) is 21.5. The van der Waals surface area contributed by atoms with Gasteiger partial charge in [0.1, 0.15) is 5.69 Å². The SMILES string of the molecule is COC(=O)c1[nH]c(C)cc1NC(=O)c1ccnc(CN)c1.O=C(O)C(F)(F)F. The number of aliphatic carboxylic acids is 1. The Bertz CT molecular complexity index is 864. The van der Waals surface area contributed by atoms with Crippen LogP contribution in [-0.4, -0.2) is 46.2 Å². The quantitative estimate of drug-likeness (QED) is 0.571. The van der Waals surface area contributed by atoms with Gasteiger partial charge in [0.25, 0.3) is 5.91 Å². The van der Waals surface area contributed by atoms with Gasteiger partial charge in [0, 0.05) is 24.0 Å². The van der Waals surface area contributed by atoms with Crippen LogP contribution in [0.2, 0.25) is 0 Å². The summed E-state index contributed by atoms with van der Waals surface area (Å²) < 4.78 is 36.4. The third kappa shape index (κ3) is 6.39. The van der Waals surface area contributed by atoms with E-state index in [0.29, 0.717) is 16.9 Å². The number of esters is 1. The van der Waals surface area contributed by atoms with E-state index >= 15 is 0 Å². The number of aryl methyl sites for hydroxylation is 1. The second-order valence-corrected chi connectivity index (χ2v) is 5.23. The van der Waals surface area contributed by atoms with Crippen molar-refractivity contribution in [3.05, 3.63) is 47.0 Å². The van der Waals surface area contributed by atoms with E-state index in [4.69, 9.17) is 15.6 Å². The van der Waals surface area contributed by atoms with Gasteiger partial charge in [-0.05, 0) is 25.1 Å². The van der Waals surface area contributed by atoms with E-state index in [-0.39, 0.29) is 18.1 Å². The number of hydrogen-bond donors (Lipinski definition) is 4. The zero-order valence-corrected chi connectivity index (χ0v) is 14.8. The van der Waals surface area contributed by atoms with E-state index in [2.05, 4.69) is 20.0 Å². The van der Waals surface area contributed by atoms with Crippen LogP contribution in [0.3, 0.4) is 0 Å². The van der Waals surface area contributed by atoms with E-state index in [0.717, 1.165) is 5.69 Å². The minimum absolute atomic E-state index is 0.205. The van der Waals surface area contributed by atoms with Gasteiger partial charge in [0.2, 0.25) is 0 Å². The van der Waals surface area contributed by atoms with Crippen LogP contribution in [0.5, 0.6) is 0 Å². The lowest BCUT2D eigenvalue weighted by molar-refractivity contribution is -0.192. The number of rotatable bonds is 4. The molecule has 2 aromatic rings. The molecule has 28 heavy (non-hydrogen) atoms. The van der Waals surface area contributed by atoms with Crippen LogP contribution in [0.1, 0.15) is 32.2 Å². The molecule has 0 aliphatic carbocycles. The molecule has 152 valence electrons. The fraction of sp³-hybridized carbons (Fsp3) is 0.250. The van der Waals surface area contributed by atoms with Crippen LogP contribution in [0.4, 0.5) is 18.9 Å². The van der Waals surface area contributed by atoms with Crippen LogP contribution in [0.15, 0.2) is 24.4 Å². The van der Waals surface area contributed by atoms with Gasteiger partial charge in [-0.1, -0.05) is 0 Å². The molecule has 0 aromatic carbocycles. The number of pyridine rings is 1. The number of carboxylic acid groups (broad SMARTS) is 1. The number of H-pyrrole nitrogens is 1. The lowest BCUT2D eigenvalue weighted by Crippen LogP contribution is -2.21. The molecule has 0 radical (unpaired) electrons. The molecule has 0 fully saturated rings. The third-order valence-electron chi connectivity index (χ3n) is 3.12. The number of nitrogens with two attached hydrogens (primary N) is 1. The molecular weight excluding hydrogens is 385 g/mol. The average Bonchev–Trinajstić information content (AvgIpc) is 3.01. The number of carbonyl (C=O) groups excluding carboxylic acids is 2. The van der Waals surface area contributed by atoms with Crippen molar-refractivity contribution >= 4 is 23.5 Å². The molecule has 9 nitrogen and oxygen atoms in total. The molecule has 2 rings (SSSR count). The number of anilines is 1. The van der Waals surface area contributed by atoms with Gasteiger partial charge in [0.05, 0.1) is 18.5 Å². The fourth-order valence-corrected chi connectivity index (χ4v) is 1.88. The first kappa shape index (κ1) is 22.6. The molecule has 0 spiro atoms. The van der Waals surface area contributed by atoms with E-state index in [1.54, 1.807) is 25.1 Å². The largest absolute Gasteiger partial charge is 0.490 e. The van der Waals surface area contributed by atoms with E-state index in [1.807, 2.05) is 0 Å². The Morgan fingerprint density at radius 3 is 2.43 bits per heavy atom. The molecule has 12 heteroatoms. The van der Waals surface area contributed by atoms with Crippen molar-refractivity contribution in [3.8, 4) is 0 Å². The maximum Gasteiger partial charge on any atom is 0.490 e. The summed E-state index contributed by atoms with van der Waals surface area (Å²) in [7, 11) is 1.28. The summed E-state index contributed by atoms with van der Waals surface area (Å²) in [6.07, 6.45) is -3.57. The second kappa shape index (κ2) is 9.50. The molecule has 1 amide bonds. The lowest BCUT2D eigenvalue weighted by Gasteiger charge is -2.06. The highest BCUT2D eigenvalue weighted by molar-refractivity contribution is 6.07. The number of nitrogens with one attached hydrogen (secondary N) is 2. The molecule has 0 atom stereocenters. The van der Waals surface area contributed by atoms with Crippen molar-refractivity contribution < 1.29 is 37.4 Å². The number of alkyl halides is 3. The van der Waals surface area contributed by atoms with Gasteiger partial charge < -0.3 is 25.9 Å². The van der Waals surface area contributed by atoms with Crippen LogP contribution < -0.4 is 11.1 Å². The first-order chi connectivity index (χ1) is 13.0. The number of halogens is 3. The van der Waals surface area contributed by atoms with Crippen molar-refractivity contribution in [2.75, 3.05) is 12.4 Å². The summed E-state index contributed by atoms with van der Waals surface area (Å²) >= 11 is 0. The predicted octanol–water partition coefficient (Wildman–Crippen LogP) is 1.85. The Hall–Kier alpha value is -3.41. The Labute approximate surface area is 156 Å². The molecule has 0 bridgehead atoms. The van der Waals surface area contributed by atoms with E-state index in [1.165, 1.54) is 13.3 Å². The van der Waals surface area contributed by atoms with Gasteiger partial charge in [0.15, 0.2) is 0 Å². The number of aromatic nitrogens is 2. The van der Waals surface area contributed by atoms with Crippen molar-refractivity contribution in [2.45, 2.75) is 19.6 Å². The number of amides is 1. The number of aromatic amines is 1. The summed E-state index contributed by atoms with van der Waals surface area (Å²) in [5.74, 6) is -3.65. The van der Waals surface area contributed by atoms with Crippen molar-refractivity contribution in [1.29, 1.82) is 0 Å². The number of carbonyl (C=O) groups is 3. The Balaban J connectivity index is 0.000000480. The summed E-state index contributed by atoms with van der Waals surface area (Å²) in [5.41, 5.74) is 7.84. The highest BCUT2D eigenvalue weighted by Crippen LogP contribution is 2.19. The highest BCUT2D eigenvalue weighted by Gasteiger charge is 2.38.